The normalized spacial score (nSPS) is 12.8. The van der Waals surface area contributed by atoms with Crippen LogP contribution in [-0.2, 0) is 22.9 Å². The second kappa shape index (κ2) is 11.0. The van der Waals surface area contributed by atoms with E-state index in [-0.39, 0.29) is 47.7 Å². The van der Waals surface area contributed by atoms with Crippen LogP contribution < -0.4 is 0 Å². The second-order valence-electron chi connectivity index (χ2n) is 2.96. The Bertz CT molecular complexity index is 164. The minimum Gasteiger partial charge on any atom is -0.147 e. The van der Waals surface area contributed by atoms with Gasteiger partial charge in [0.15, 0.2) is 0 Å². The van der Waals surface area contributed by atoms with Gasteiger partial charge in [0.1, 0.15) is 0 Å². The van der Waals surface area contributed by atoms with E-state index in [0.717, 1.165) is 0 Å². The first kappa shape index (κ1) is 16.4. The van der Waals surface area contributed by atoms with Gasteiger partial charge in [-0.3, -0.25) is 0 Å². The summed E-state index contributed by atoms with van der Waals surface area (Å²) in [4.78, 5) is 0. The number of hydrogen-bond donors (Lipinski definition) is 0. The Morgan fingerprint density at radius 3 is 2.62 bits per heavy atom. The Hall–Kier alpha value is 0.930. The molecule has 0 unspecified atom stereocenters. The van der Waals surface area contributed by atoms with Crippen molar-refractivity contribution in [3.8, 4) is 0 Å². The van der Waals surface area contributed by atoms with Crippen molar-refractivity contribution in [2.45, 2.75) is 36.8 Å². The van der Waals surface area contributed by atoms with Crippen molar-refractivity contribution < 1.29 is 22.9 Å². The third-order valence-electron chi connectivity index (χ3n) is 1.90. The molecule has 0 bridgehead atoms. The van der Waals surface area contributed by atoms with E-state index in [0.29, 0.717) is 0 Å². The Balaban J connectivity index is 0. The topological polar surface area (TPSA) is 0 Å². The van der Waals surface area contributed by atoms with Crippen LogP contribution in [0.5, 0.6) is 0 Å². The Labute approximate surface area is 105 Å². The zero-order valence-electron chi connectivity index (χ0n) is 8.08. The number of allylic oxidation sites excluding steroid dienone is 4. The van der Waals surface area contributed by atoms with Crippen LogP contribution in [0.15, 0.2) is 21.6 Å². The summed E-state index contributed by atoms with van der Waals surface area (Å²) in [5, 5.41) is 0. The molecule has 0 amide bonds. The molecule has 3 heteroatoms. The standard InChI is InChI=1S/C5H5.C5H11.2ClH.Hf/c1-2-4-5-3-1;1-3-5-4-2;;;/h1-3H,4H2;1,3-5H2,2H3;2*1H;. The van der Waals surface area contributed by atoms with Crippen LogP contribution in [-0.4, -0.2) is 0 Å². The van der Waals surface area contributed by atoms with E-state index in [2.05, 4.69) is 25.2 Å². The molecule has 0 heterocycles. The number of rotatable bonds is 5. The summed E-state index contributed by atoms with van der Waals surface area (Å²) >= 11 is -0.298. The molecule has 76 valence electrons. The number of hydrogen-bond acceptors (Lipinski definition) is 0. The van der Waals surface area contributed by atoms with Gasteiger partial charge in [0.05, 0.1) is 0 Å². The molecule has 1 rings (SSSR count). The van der Waals surface area contributed by atoms with E-state index in [1.807, 2.05) is 3.33 Å². The minimum absolute atomic E-state index is 0. The quantitative estimate of drug-likeness (QED) is 0.485. The summed E-state index contributed by atoms with van der Waals surface area (Å²) in [5.74, 6) is 0. The maximum atomic E-state index is 2.36. The molecule has 0 aromatic rings. The van der Waals surface area contributed by atoms with Crippen LogP contribution in [0.4, 0.5) is 0 Å². The van der Waals surface area contributed by atoms with E-state index in [1.165, 1.54) is 25.7 Å². The third-order valence-corrected chi connectivity index (χ3v) is 7.04. The van der Waals surface area contributed by atoms with Gasteiger partial charge in [-0.2, -0.15) is 0 Å². The van der Waals surface area contributed by atoms with Gasteiger partial charge in [0.25, 0.3) is 0 Å². The fourth-order valence-corrected chi connectivity index (χ4v) is 5.60. The van der Waals surface area contributed by atoms with Crippen molar-refractivity contribution >= 4 is 24.8 Å². The van der Waals surface area contributed by atoms with Crippen molar-refractivity contribution in [1.82, 2.24) is 0 Å². The van der Waals surface area contributed by atoms with E-state index in [1.54, 1.807) is 4.18 Å². The van der Waals surface area contributed by atoms with Gasteiger partial charge in [-0.1, -0.05) is 0 Å². The average molecular weight is 388 g/mol. The molecule has 0 atom stereocenters. The average Bonchev–Trinajstić information content (AvgIpc) is 2.50. The molecule has 0 N–H and O–H groups in total. The van der Waals surface area contributed by atoms with Crippen LogP contribution in [0.1, 0.15) is 32.6 Å². The molecule has 0 radical (unpaired) electrons. The molecular formula is C10H18Cl2Hf. The summed E-state index contributed by atoms with van der Waals surface area (Å²) in [5.41, 5.74) is 0. The molecule has 0 aromatic carbocycles. The Kier molecular flexibility index (Phi) is 13.9. The van der Waals surface area contributed by atoms with Gasteiger partial charge in [-0.15, -0.1) is 24.8 Å². The molecule has 0 saturated carbocycles. The maximum Gasteiger partial charge on any atom is -0.147 e. The Morgan fingerprint density at radius 1 is 1.31 bits per heavy atom. The van der Waals surface area contributed by atoms with Crippen LogP contribution in [0.3, 0.4) is 0 Å². The van der Waals surface area contributed by atoms with Crippen molar-refractivity contribution in [2.75, 3.05) is 0 Å². The van der Waals surface area contributed by atoms with Crippen LogP contribution in [0.25, 0.3) is 0 Å². The SMILES string of the molecule is CCCC[CH2][Hf][C]1=CC=CC1.Cl.Cl. The molecule has 0 spiro atoms. The fraction of sp³-hybridized carbons (Fsp3) is 0.600. The molecule has 0 fully saturated rings. The van der Waals surface area contributed by atoms with Crippen molar-refractivity contribution in [3.63, 3.8) is 0 Å². The zero-order valence-corrected chi connectivity index (χ0v) is 13.3. The van der Waals surface area contributed by atoms with E-state index in [9.17, 15) is 0 Å². The summed E-state index contributed by atoms with van der Waals surface area (Å²) in [6.45, 7) is 2.28. The van der Waals surface area contributed by atoms with Crippen LogP contribution in [0.2, 0.25) is 4.18 Å². The minimum atomic E-state index is -0.298. The molecule has 13 heavy (non-hydrogen) atoms. The van der Waals surface area contributed by atoms with Crippen LogP contribution in [0, 0.1) is 0 Å². The van der Waals surface area contributed by atoms with Gasteiger partial charge >= 0.3 is 81.2 Å². The summed E-state index contributed by atoms with van der Waals surface area (Å²) in [6.07, 6.45) is 12.5. The first-order chi connectivity index (χ1) is 5.43. The van der Waals surface area contributed by atoms with Crippen molar-refractivity contribution in [3.05, 3.63) is 21.6 Å². The van der Waals surface area contributed by atoms with Gasteiger partial charge in [-0.05, 0) is 0 Å². The summed E-state index contributed by atoms with van der Waals surface area (Å²) in [6, 6.07) is 0. The number of unbranched alkanes of at least 4 members (excludes halogenated alkanes) is 2. The van der Waals surface area contributed by atoms with E-state index < -0.39 is 0 Å². The fourth-order valence-electron chi connectivity index (χ4n) is 1.20. The molecule has 1 aliphatic rings. The molecule has 0 aliphatic heterocycles. The van der Waals surface area contributed by atoms with E-state index in [4.69, 9.17) is 0 Å². The largest absolute Gasteiger partial charge is 0.147 e. The first-order valence-corrected chi connectivity index (χ1v) is 8.86. The number of halogens is 2. The van der Waals surface area contributed by atoms with Gasteiger partial charge in [-0.25, -0.2) is 0 Å². The van der Waals surface area contributed by atoms with Gasteiger partial charge in [0, 0.05) is 0 Å². The summed E-state index contributed by atoms with van der Waals surface area (Å²) < 4.78 is 3.41. The smallest absolute Gasteiger partial charge is 0.147 e. The molecular weight excluding hydrogens is 370 g/mol. The monoisotopic (exact) mass is 388 g/mol. The van der Waals surface area contributed by atoms with Gasteiger partial charge in [0.2, 0.25) is 0 Å². The summed E-state index contributed by atoms with van der Waals surface area (Å²) in [7, 11) is 0. The molecule has 0 saturated heterocycles. The van der Waals surface area contributed by atoms with Crippen molar-refractivity contribution in [2.24, 2.45) is 0 Å². The molecule has 0 nitrogen and oxygen atoms in total. The van der Waals surface area contributed by atoms with E-state index >= 15 is 0 Å². The first-order valence-electron chi connectivity index (χ1n) is 4.53. The predicted molar refractivity (Wildman–Crippen MR) is 60.7 cm³/mol. The second-order valence-corrected chi connectivity index (χ2v) is 8.33. The maximum absolute atomic E-state index is 2.36. The van der Waals surface area contributed by atoms with Gasteiger partial charge < -0.3 is 0 Å². The van der Waals surface area contributed by atoms with Crippen LogP contribution >= 0.6 is 24.8 Å². The zero-order chi connectivity index (χ0) is 7.94. The predicted octanol–water partition coefficient (Wildman–Crippen LogP) is 4.36. The van der Waals surface area contributed by atoms with Crippen molar-refractivity contribution in [1.29, 1.82) is 0 Å². The Morgan fingerprint density at radius 2 is 2.08 bits per heavy atom. The molecule has 0 aromatic heterocycles. The molecule has 1 aliphatic carbocycles. The third kappa shape index (κ3) is 7.96.